The molecule has 2 aromatic heterocycles. The Morgan fingerprint density at radius 3 is 2.42 bits per heavy atom. The normalized spacial score (nSPS) is 18.4. The zero-order valence-electron chi connectivity index (χ0n) is 24.5. The van der Waals surface area contributed by atoms with E-state index in [1.807, 2.05) is 26.8 Å². The van der Waals surface area contributed by atoms with Crippen molar-refractivity contribution in [1.82, 2.24) is 14.5 Å². The van der Waals surface area contributed by atoms with Gasteiger partial charge in [-0.05, 0) is 18.1 Å². The van der Waals surface area contributed by atoms with Gasteiger partial charge < -0.3 is 15.5 Å². The zero-order chi connectivity index (χ0) is 32.9. The van der Waals surface area contributed by atoms with Crippen LogP contribution in [0, 0.1) is 46.4 Å². The van der Waals surface area contributed by atoms with Crippen LogP contribution in [0.4, 0.5) is 28.9 Å². The molecule has 2 aliphatic heterocycles. The van der Waals surface area contributed by atoms with Crippen molar-refractivity contribution in [3.05, 3.63) is 75.2 Å². The van der Waals surface area contributed by atoms with E-state index in [4.69, 9.17) is 17.3 Å². The molecule has 3 aromatic rings. The van der Waals surface area contributed by atoms with Crippen molar-refractivity contribution in [2.45, 2.75) is 26.8 Å². The van der Waals surface area contributed by atoms with Crippen LogP contribution in [0.15, 0.2) is 40.8 Å². The van der Waals surface area contributed by atoms with Crippen molar-refractivity contribution in [2.75, 3.05) is 36.8 Å². The highest BCUT2D eigenvalue weighted by atomic mass is 35.5. The topological polar surface area (TPSA) is 121 Å². The first-order valence-corrected chi connectivity index (χ1v) is 14.4. The van der Waals surface area contributed by atoms with E-state index in [2.05, 4.69) is 16.6 Å². The standard InChI is InChI=1S/C31H28ClF4N7O2/c1-5-19(44)41-8-10-42(11-9-41)29-16-12-18(32)27(20-21(33)23(35)24(36)25(38)22(20)34)40-30(16)43(31(45)17(29)13-37)28-15(4)6-7-39-26(28)14(2)3/h5-7,12,14-15,28H,1,8-11,38H2,2-4H3/t15-,28?/m1/s1. The number of benzene rings is 1. The minimum Gasteiger partial charge on any atom is -0.394 e. The molecule has 4 heterocycles. The van der Waals surface area contributed by atoms with Crippen molar-refractivity contribution in [1.29, 1.82) is 5.26 Å². The van der Waals surface area contributed by atoms with Crippen molar-refractivity contribution in [3.8, 4) is 17.3 Å². The second-order valence-electron chi connectivity index (χ2n) is 11.1. The highest BCUT2D eigenvalue weighted by molar-refractivity contribution is 6.34. The minimum atomic E-state index is -2.02. The third-order valence-electron chi connectivity index (χ3n) is 8.12. The monoisotopic (exact) mass is 641 g/mol. The van der Waals surface area contributed by atoms with Crippen LogP contribution in [0.25, 0.3) is 22.3 Å². The van der Waals surface area contributed by atoms with Gasteiger partial charge in [0.1, 0.15) is 23.0 Å². The average molecular weight is 642 g/mol. The number of aromatic nitrogens is 2. The molecular formula is C31H28ClF4N7O2. The number of carbonyl (C=O) groups excluding carboxylic acids is 1. The molecule has 14 heteroatoms. The summed E-state index contributed by atoms with van der Waals surface area (Å²) in [4.78, 5) is 38.8. The van der Waals surface area contributed by atoms with Crippen molar-refractivity contribution < 1.29 is 22.4 Å². The lowest BCUT2D eigenvalue weighted by molar-refractivity contribution is -0.126. The molecule has 0 saturated carbocycles. The quantitative estimate of drug-likeness (QED) is 0.132. The number of rotatable bonds is 5. The fourth-order valence-corrected chi connectivity index (χ4v) is 6.11. The van der Waals surface area contributed by atoms with Gasteiger partial charge in [0, 0.05) is 49.4 Å². The second kappa shape index (κ2) is 12.0. The first kappa shape index (κ1) is 31.7. The summed E-state index contributed by atoms with van der Waals surface area (Å²) >= 11 is 6.56. The van der Waals surface area contributed by atoms with Crippen LogP contribution >= 0.6 is 11.6 Å². The maximum atomic E-state index is 15.3. The molecule has 2 N–H and O–H groups in total. The van der Waals surface area contributed by atoms with Crippen LogP contribution in [0.5, 0.6) is 0 Å². The van der Waals surface area contributed by atoms with Gasteiger partial charge in [-0.1, -0.05) is 45.0 Å². The molecule has 1 fully saturated rings. The first-order valence-electron chi connectivity index (χ1n) is 14.0. The molecule has 9 nitrogen and oxygen atoms in total. The molecule has 1 unspecified atom stereocenters. The van der Waals surface area contributed by atoms with E-state index in [-0.39, 0.29) is 71.2 Å². The molecule has 5 rings (SSSR count). The Kier molecular flexibility index (Phi) is 8.46. The number of nitrogens with zero attached hydrogens (tertiary/aromatic N) is 6. The van der Waals surface area contributed by atoms with Gasteiger partial charge in [0.05, 0.1) is 28.0 Å². The highest BCUT2D eigenvalue weighted by Crippen LogP contribution is 2.41. The smallest absolute Gasteiger partial charge is 0.272 e. The van der Waals surface area contributed by atoms with Crippen LogP contribution in [-0.2, 0) is 4.79 Å². The van der Waals surface area contributed by atoms with Gasteiger partial charge in [0.2, 0.25) is 5.91 Å². The predicted octanol–water partition coefficient (Wildman–Crippen LogP) is 5.36. The molecule has 2 atom stereocenters. The van der Waals surface area contributed by atoms with E-state index in [0.717, 1.165) is 0 Å². The van der Waals surface area contributed by atoms with Gasteiger partial charge in [0.25, 0.3) is 5.56 Å². The summed E-state index contributed by atoms with van der Waals surface area (Å²) < 4.78 is 60.3. The molecule has 0 radical (unpaired) electrons. The lowest BCUT2D eigenvalue weighted by Gasteiger charge is -2.37. The fourth-order valence-electron chi connectivity index (χ4n) is 5.87. The van der Waals surface area contributed by atoms with Gasteiger partial charge in [-0.15, -0.1) is 0 Å². The number of pyridine rings is 2. The number of hydrogen-bond acceptors (Lipinski definition) is 7. The summed E-state index contributed by atoms with van der Waals surface area (Å²) in [5.41, 5.74) is 2.02. The Labute approximate surface area is 260 Å². The van der Waals surface area contributed by atoms with E-state index in [1.165, 1.54) is 16.7 Å². The number of allylic oxidation sites excluding steroid dienone is 1. The summed E-state index contributed by atoms with van der Waals surface area (Å²) in [5.74, 6) is -8.25. The van der Waals surface area contributed by atoms with Crippen LogP contribution < -0.4 is 16.2 Å². The number of carbonyl (C=O) groups is 1. The van der Waals surface area contributed by atoms with E-state index in [0.29, 0.717) is 5.71 Å². The predicted molar refractivity (Wildman–Crippen MR) is 164 cm³/mol. The largest absolute Gasteiger partial charge is 0.394 e. The minimum absolute atomic E-state index is 0.124. The molecule has 0 spiro atoms. The summed E-state index contributed by atoms with van der Waals surface area (Å²) in [7, 11) is 0. The molecule has 45 heavy (non-hydrogen) atoms. The van der Waals surface area contributed by atoms with E-state index < -0.39 is 51.8 Å². The number of hydrogen-bond donors (Lipinski definition) is 1. The SMILES string of the molecule is C=CC(=O)N1CCN(c2c(C#N)c(=O)n(C3C(C(C)C)=NC=C[C@H]3C)c3nc(-c4c(F)c(N)c(F)c(F)c4F)c(Cl)cc23)CC1. The number of anilines is 2. The Morgan fingerprint density at radius 2 is 1.82 bits per heavy atom. The number of nitrogens with two attached hydrogens (primary N) is 1. The van der Waals surface area contributed by atoms with Gasteiger partial charge in [-0.2, -0.15) is 5.26 Å². The Bertz CT molecular complexity index is 1900. The summed E-state index contributed by atoms with van der Waals surface area (Å²) in [6.45, 7) is 10.0. The molecule has 0 bridgehead atoms. The number of halogens is 5. The lowest BCUT2D eigenvalue weighted by atomic mass is 9.88. The number of piperazine rings is 1. The third-order valence-corrected chi connectivity index (χ3v) is 8.41. The number of fused-ring (bicyclic) bond motifs is 1. The van der Waals surface area contributed by atoms with Crippen molar-refractivity contribution in [2.24, 2.45) is 16.8 Å². The average Bonchev–Trinajstić information content (AvgIpc) is 3.02. The molecule has 2 aliphatic rings. The Hall–Kier alpha value is -4.70. The van der Waals surface area contributed by atoms with Crippen LogP contribution in [0.2, 0.25) is 5.02 Å². The van der Waals surface area contributed by atoms with Gasteiger partial charge >= 0.3 is 0 Å². The molecular weight excluding hydrogens is 614 g/mol. The van der Waals surface area contributed by atoms with E-state index >= 15 is 8.78 Å². The van der Waals surface area contributed by atoms with Gasteiger partial charge in [0.15, 0.2) is 23.3 Å². The summed E-state index contributed by atoms with van der Waals surface area (Å²) in [5, 5.41) is 10.1. The molecule has 1 saturated heterocycles. The lowest BCUT2D eigenvalue weighted by Crippen LogP contribution is -2.49. The van der Waals surface area contributed by atoms with Crippen LogP contribution in [0.3, 0.4) is 0 Å². The number of aliphatic imine (C=N–C) groups is 1. The summed E-state index contributed by atoms with van der Waals surface area (Å²) in [6.07, 6.45) is 4.56. The summed E-state index contributed by atoms with van der Waals surface area (Å²) in [6, 6.07) is 2.51. The number of amides is 1. The van der Waals surface area contributed by atoms with Gasteiger partial charge in [-0.3, -0.25) is 19.1 Å². The zero-order valence-corrected chi connectivity index (χ0v) is 25.3. The second-order valence-corrected chi connectivity index (χ2v) is 11.5. The Morgan fingerprint density at radius 1 is 1.16 bits per heavy atom. The van der Waals surface area contributed by atoms with Crippen LogP contribution in [0.1, 0.15) is 32.4 Å². The molecule has 234 valence electrons. The first-order chi connectivity index (χ1) is 21.3. The van der Waals surface area contributed by atoms with E-state index in [9.17, 15) is 23.6 Å². The third kappa shape index (κ3) is 5.12. The maximum Gasteiger partial charge on any atom is 0.272 e. The molecule has 1 amide bonds. The molecule has 1 aromatic carbocycles. The van der Waals surface area contributed by atoms with Gasteiger partial charge in [-0.25, -0.2) is 22.5 Å². The Balaban J connectivity index is 1.88. The maximum absolute atomic E-state index is 15.3. The van der Waals surface area contributed by atoms with Crippen molar-refractivity contribution in [3.63, 3.8) is 0 Å². The van der Waals surface area contributed by atoms with E-state index in [1.54, 1.807) is 22.1 Å². The van der Waals surface area contributed by atoms with Crippen molar-refractivity contribution >= 4 is 45.6 Å². The molecule has 0 aliphatic carbocycles. The number of nitrogen functional groups attached to an aromatic ring is 1. The van der Waals surface area contributed by atoms with Crippen LogP contribution in [-0.4, -0.2) is 52.2 Å². The fraction of sp³-hybridized carbons (Fsp3) is 0.323. The highest BCUT2D eigenvalue weighted by Gasteiger charge is 2.35. The number of nitriles is 1.